The van der Waals surface area contributed by atoms with Crippen LogP contribution >= 0.6 is 0 Å². The van der Waals surface area contributed by atoms with E-state index in [0.29, 0.717) is 41.9 Å². The molecule has 0 radical (unpaired) electrons. The summed E-state index contributed by atoms with van der Waals surface area (Å²) in [4.78, 5) is 51.7. The van der Waals surface area contributed by atoms with Crippen LogP contribution in [0.15, 0.2) is 18.2 Å². The van der Waals surface area contributed by atoms with Crippen molar-refractivity contribution in [3.63, 3.8) is 0 Å². The molecule has 0 atom stereocenters. The number of amides is 2. The number of carbonyl (C=O) groups excluding carboxylic acids is 4. The lowest BCUT2D eigenvalue weighted by atomic mass is 9.69. The van der Waals surface area contributed by atoms with Gasteiger partial charge >= 0.3 is 0 Å². The number of hydrogen-bond acceptors (Lipinski definition) is 5. The molecule has 2 N–H and O–H groups in total. The number of hydrogen-bond donors (Lipinski definition) is 2. The number of aryl methyl sites for hydroxylation is 1. The number of alkyl halides is 2. The number of nitrogens with one attached hydrogen (secondary N) is 2. The highest BCUT2D eigenvalue weighted by Crippen LogP contribution is 2.46. The Bertz CT molecular complexity index is 1340. The SMILES string of the molecule is CCC(=O)C1(NC(=O)C(=O)c2c(C)c(C(=O)Nc3ccc(C)c(C#N)c3)c3n2CCC3)CC(F)(F)C1. The second kappa shape index (κ2) is 8.97. The number of benzene rings is 1. The topological polar surface area (TPSA) is 121 Å². The van der Waals surface area contributed by atoms with Gasteiger partial charge in [0.15, 0.2) is 5.78 Å². The summed E-state index contributed by atoms with van der Waals surface area (Å²) in [5.74, 6) is -6.25. The van der Waals surface area contributed by atoms with Crippen LogP contribution < -0.4 is 10.6 Å². The smallest absolute Gasteiger partial charge is 0.294 e. The van der Waals surface area contributed by atoms with E-state index in [4.69, 9.17) is 0 Å². The van der Waals surface area contributed by atoms with Gasteiger partial charge in [-0.15, -0.1) is 0 Å². The Morgan fingerprint density at radius 3 is 2.47 bits per heavy atom. The van der Waals surface area contributed by atoms with Crippen molar-refractivity contribution in [3.05, 3.63) is 51.8 Å². The first-order valence-corrected chi connectivity index (χ1v) is 11.7. The third-order valence-corrected chi connectivity index (χ3v) is 7.00. The number of ketones is 2. The average Bonchev–Trinajstić information content (AvgIpc) is 3.37. The maximum Gasteiger partial charge on any atom is 0.294 e. The highest BCUT2D eigenvalue weighted by molar-refractivity contribution is 6.43. The van der Waals surface area contributed by atoms with Crippen LogP contribution in [-0.4, -0.2) is 39.4 Å². The molecule has 0 spiro atoms. The van der Waals surface area contributed by atoms with Crippen LogP contribution in [0.3, 0.4) is 0 Å². The van der Waals surface area contributed by atoms with E-state index in [9.17, 15) is 33.2 Å². The minimum atomic E-state index is -3.08. The highest BCUT2D eigenvalue weighted by Gasteiger charge is 2.61. The Morgan fingerprint density at radius 2 is 1.86 bits per heavy atom. The number of Topliss-reactive ketones (excluding diaryl/α,β-unsaturated/α-hetero) is 2. The molecule has 1 aliphatic carbocycles. The summed E-state index contributed by atoms with van der Waals surface area (Å²) in [6.07, 6.45) is -0.565. The number of anilines is 1. The molecule has 2 aliphatic rings. The van der Waals surface area contributed by atoms with E-state index in [0.717, 1.165) is 5.56 Å². The second-order valence-electron chi connectivity index (χ2n) is 9.50. The van der Waals surface area contributed by atoms with E-state index >= 15 is 0 Å². The van der Waals surface area contributed by atoms with E-state index in [1.54, 1.807) is 36.6 Å². The minimum Gasteiger partial charge on any atom is -0.341 e. The van der Waals surface area contributed by atoms with Gasteiger partial charge in [-0.2, -0.15) is 5.26 Å². The third-order valence-electron chi connectivity index (χ3n) is 7.00. The monoisotopic (exact) mass is 496 g/mol. The summed E-state index contributed by atoms with van der Waals surface area (Å²) < 4.78 is 28.9. The zero-order valence-corrected chi connectivity index (χ0v) is 20.3. The predicted molar refractivity (Wildman–Crippen MR) is 126 cm³/mol. The molecule has 1 fully saturated rings. The number of fused-ring (bicyclic) bond motifs is 1. The van der Waals surface area contributed by atoms with E-state index in [1.807, 2.05) is 0 Å². The van der Waals surface area contributed by atoms with Crippen LogP contribution in [0, 0.1) is 25.2 Å². The summed E-state index contributed by atoms with van der Waals surface area (Å²) in [6, 6.07) is 6.99. The largest absolute Gasteiger partial charge is 0.341 e. The van der Waals surface area contributed by atoms with Gasteiger partial charge in [-0.1, -0.05) is 13.0 Å². The Labute approximate surface area is 206 Å². The molecule has 0 unspecified atom stereocenters. The fourth-order valence-corrected chi connectivity index (χ4v) is 5.23. The van der Waals surface area contributed by atoms with Crippen LogP contribution in [0.1, 0.15) is 75.8 Å². The minimum absolute atomic E-state index is 0.0111. The molecule has 188 valence electrons. The van der Waals surface area contributed by atoms with Gasteiger partial charge < -0.3 is 15.2 Å². The summed E-state index contributed by atoms with van der Waals surface area (Å²) in [6.45, 7) is 5.26. The van der Waals surface area contributed by atoms with Gasteiger partial charge in [0, 0.05) is 37.2 Å². The van der Waals surface area contributed by atoms with Crippen molar-refractivity contribution in [2.24, 2.45) is 0 Å². The Hall–Kier alpha value is -3.87. The van der Waals surface area contributed by atoms with E-state index in [2.05, 4.69) is 16.7 Å². The molecule has 2 heterocycles. The van der Waals surface area contributed by atoms with Crippen molar-refractivity contribution in [1.82, 2.24) is 9.88 Å². The molecule has 0 bridgehead atoms. The molecule has 36 heavy (non-hydrogen) atoms. The zero-order chi connectivity index (χ0) is 26.4. The Balaban J connectivity index is 1.62. The van der Waals surface area contributed by atoms with Crippen LogP contribution in [0.4, 0.5) is 14.5 Å². The quantitative estimate of drug-likeness (QED) is 0.448. The lowest BCUT2D eigenvalue weighted by Gasteiger charge is -2.46. The maximum absolute atomic E-state index is 13.6. The first kappa shape index (κ1) is 25.2. The molecule has 8 nitrogen and oxygen atoms in total. The number of halogens is 2. The van der Waals surface area contributed by atoms with Crippen molar-refractivity contribution in [2.75, 3.05) is 5.32 Å². The van der Waals surface area contributed by atoms with Gasteiger partial charge in [0.1, 0.15) is 5.54 Å². The van der Waals surface area contributed by atoms with Gasteiger partial charge in [-0.25, -0.2) is 8.78 Å². The van der Waals surface area contributed by atoms with Gasteiger partial charge in [0.25, 0.3) is 23.5 Å². The number of nitriles is 1. The molecular formula is C26H26F2N4O4. The standard InChI is InChI=1S/C26H26F2N4O4/c1-4-19(33)25(12-26(27,28)13-25)31-24(36)22(34)21-15(3)20(18-6-5-9-32(18)21)23(35)30-17-8-7-14(2)16(10-17)11-29/h7-8,10H,4-6,9,12-13H2,1-3H3,(H,30,35)(H,31,36). The van der Waals surface area contributed by atoms with Gasteiger partial charge in [-0.05, 0) is 49.9 Å². The molecular weight excluding hydrogens is 470 g/mol. The van der Waals surface area contributed by atoms with Crippen molar-refractivity contribution >= 4 is 29.1 Å². The van der Waals surface area contributed by atoms with Crippen LogP contribution in [0.25, 0.3) is 0 Å². The molecule has 0 saturated heterocycles. The molecule has 10 heteroatoms. The number of aromatic nitrogens is 1. The van der Waals surface area contributed by atoms with E-state index < -0.39 is 47.7 Å². The molecule has 2 amide bonds. The van der Waals surface area contributed by atoms with E-state index in [-0.39, 0.29) is 17.7 Å². The summed E-state index contributed by atoms with van der Waals surface area (Å²) in [5, 5.41) is 14.3. The predicted octanol–water partition coefficient (Wildman–Crippen LogP) is 3.62. The summed E-state index contributed by atoms with van der Waals surface area (Å²) >= 11 is 0. The Kier molecular flexibility index (Phi) is 6.29. The van der Waals surface area contributed by atoms with Gasteiger partial charge in [0.05, 0.1) is 22.9 Å². The normalized spacial score (nSPS) is 16.9. The van der Waals surface area contributed by atoms with Gasteiger partial charge in [0.2, 0.25) is 0 Å². The van der Waals surface area contributed by atoms with E-state index in [1.165, 1.54) is 6.92 Å². The summed E-state index contributed by atoms with van der Waals surface area (Å²) in [5.41, 5.74) is 0.997. The van der Waals surface area contributed by atoms with Crippen LogP contribution in [0.2, 0.25) is 0 Å². The lowest BCUT2D eigenvalue weighted by Crippen LogP contribution is -2.67. The van der Waals surface area contributed by atoms with Gasteiger partial charge in [-0.3, -0.25) is 19.2 Å². The maximum atomic E-state index is 13.6. The number of nitrogens with zero attached hydrogens (tertiary/aromatic N) is 2. The van der Waals surface area contributed by atoms with Crippen LogP contribution in [-0.2, 0) is 22.6 Å². The molecule has 1 saturated carbocycles. The van der Waals surface area contributed by atoms with Crippen molar-refractivity contribution in [2.45, 2.75) is 70.9 Å². The zero-order valence-electron chi connectivity index (χ0n) is 20.3. The van der Waals surface area contributed by atoms with Crippen molar-refractivity contribution in [3.8, 4) is 6.07 Å². The number of rotatable bonds is 7. The highest BCUT2D eigenvalue weighted by atomic mass is 19.3. The summed E-state index contributed by atoms with van der Waals surface area (Å²) in [7, 11) is 0. The molecule has 1 aromatic heterocycles. The lowest BCUT2D eigenvalue weighted by molar-refractivity contribution is -0.163. The second-order valence-corrected chi connectivity index (χ2v) is 9.50. The molecule has 4 rings (SSSR count). The van der Waals surface area contributed by atoms with Crippen molar-refractivity contribution in [1.29, 1.82) is 5.26 Å². The number of carbonyl (C=O) groups is 4. The third kappa shape index (κ3) is 4.19. The average molecular weight is 497 g/mol. The van der Waals surface area contributed by atoms with Crippen molar-refractivity contribution < 1.29 is 28.0 Å². The molecule has 1 aliphatic heterocycles. The van der Waals surface area contributed by atoms with Crippen LogP contribution in [0.5, 0.6) is 0 Å². The molecule has 1 aromatic carbocycles. The Morgan fingerprint density at radius 1 is 1.17 bits per heavy atom. The fourth-order valence-electron chi connectivity index (χ4n) is 5.23. The first-order valence-electron chi connectivity index (χ1n) is 11.7. The molecule has 2 aromatic rings. The fraction of sp³-hybridized carbons (Fsp3) is 0.423. The first-order chi connectivity index (χ1) is 16.9.